The second-order valence-electron chi connectivity index (χ2n) is 5.93. The van der Waals surface area contributed by atoms with Crippen LogP contribution in [0.25, 0.3) is 0 Å². The minimum absolute atomic E-state index is 0.183. The summed E-state index contributed by atoms with van der Waals surface area (Å²) in [6.07, 6.45) is 0. The number of carbonyl (C=O) groups excluding carboxylic acids is 1. The van der Waals surface area contributed by atoms with Crippen LogP contribution in [0.3, 0.4) is 0 Å². The minimum Gasteiger partial charge on any atom is -0.326 e. The Morgan fingerprint density at radius 3 is 2.32 bits per heavy atom. The maximum atomic E-state index is 12.8. The minimum atomic E-state index is -3.63. The molecule has 1 amide bonds. The lowest BCUT2D eigenvalue weighted by Crippen LogP contribution is -2.27. The number of sulfonamides is 1. The van der Waals surface area contributed by atoms with Crippen molar-refractivity contribution in [2.24, 2.45) is 0 Å². The van der Waals surface area contributed by atoms with Gasteiger partial charge < -0.3 is 5.32 Å². The van der Waals surface area contributed by atoms with Gasteiger partial charge in [0.05, 0.1) is 10.6 Å². The van der Waals surface area contributed by atoms with Gasteiger partial charge in [0, 0.05) is 44.0 Å². The highest BCUT2D eigenvalue weighted by Gasteiger charge is 2.23. The molecule has 25 heavy (non-hydrogen) atoms. The van der Waals surface area contributed by atoms with Crippen LogP contribution in [0.5, 0.6) is 0 Å². The predicted octanol–water partition coefficient (Wildman–Crippen LogP) is 2.30. The van der Waals surface area contributed by atoms with E-state index in [-0.39, 0.29) is 17.3 Å². The fourth-order valence-electron chi connectivity index (χ4n) is 2.67. The lowest BCUT2D eigenvalue weighted by molar-refractivity contribution is -0.114. The van der Waals surface area contributed by atoms with Crippen LogP contribution in [-0.2, 0) is 27.9 Å². The van der Waals surface area contributed by atoms with E-state index < -0.39 is 10.0 Å². The Morgan fingerprint density at radius 2 is 1.84 bits per heavy atom. The molecule has 2 aromatic rings. The van der Waals surface area contributed by atoms with Crippen LogP contribution >= 0.6 is 0 Å². The molecule has 2 rings (SSSR count). The van der Waals surface area contributed by atoms with Gasteiger partial charge in [-0.25, -0.2) is 8.42 Å². The molecule has 0 aliphatic carbocycles. The Hall–Kier alpha value is -2.19. The van der Waals surface area contributed by atoms with Gasteiger partial charge in [0.25, 0.3) is 0 Å². The molecule has 0 aliphatic heterocycles. The number of hydrogen-bond donors (Lipinski definition) is 1. The summed E-state index contributed by atoms with van der Waals surface area (Å²) < 4.78 is 28.7. The molecule has 0 saturated heterocycles. The van der Waals surface area contributed by atoms with E-state index >= 15 is 0 Å². The summed E-state index contributed by atoms with van der Waals surface area (Å²) in [5, 5.41) is 7.05. The average molecular weight is 364 g/mol. The monoisotopic (exact) mass is 364 g/mol. The number of nitrogens with one attached hydrogen (secondary N) is 1. The van der Waals surface area contributed by atoms with Crippen molar-refractivity contribution in [2.75, 3.05) is 12.4 Å². The number of carbonyl (C=O) groups is 1. The van der Waals surface area contributed by atoms with Crippen molar-refractivity contribution in [3.05, 3.63) is 41.2 Å². The first-order valence-corrected chi connectivity index (χ1v) is 9.47. The summed E-state index contributed by atoms with van der Waals surface area (Å²) in [5.74, 6) is -0.202. The first kappa shape index (κ1) is 19.1. The number of nitrogens with zero attached hydrogens (tertiary/aromatic N) is 3. The second-order valence-corrected chi connectivity index (χ2v) is 7.98. The third-order valence-electron chi connectivity index (χ3n) is 4.09. The highest BCUT2D eigenvalue weighted by atomic mass is 32.2. The third-order valence-corrected chi connectivity index (χ3v) is 5.91. The number of amides is 1. The van der Waals surface area contributed by atoms with E-state index in [1.54, 1.807) is 19.2 Å². The van der Waals surface area contributed by atoms with Gasteiger partial charge >= 0.3 is 0 Å². The van der Waals surface area contributed by atoms with E-state index in [1.165, 1.54) is 23.4 Å². The standard InChI is InChI=1S/C17H24N4O3S/c1-6-21-13(3)17(12(2)19-21)11-20(5)25(23,24)16-9-7-15(8-10-16)18-14(4)22/h7-10H,6,11H2,1-5H3,(H,18,22). The van der Waals surface area contributed by atoms with E-state index in [0.29, 0.717) is 5.69 Å². The lowest BCUT2D eigenvalue weighted by atomic mass is 10.2. The fraction of sp³-hybridized carbons (Fsp3) is 0.412. The van der Waals surface area contributed by atoms with Crippen molar-refractivity contribution >= 4 is 21.6 Å². The molecule has 0 atom stereocenters. The molecule has 0 aliphatic rings. The molecule has 0 fully saturated rings. The van der Waals surface area contributed by atoms with Crippen LogP contribution < -0.4 is 5.32 Å². The maximum absolute atomic E-state index is 12.8. The molecule has 8 heteroatoms. The molecule has 136 valence electrons. The fourth-order valence-corrected chi connectivity index (χ4v) is 3.81. The number of aryl methyl sites for hydroxylation is 2. The molecule has 1 heterocycles. The van der Waals surface area contributed by atoms with E-state index in [9.17, 15) is 13.2 Å². The molecule has 0 saturated carbocycles. The van der Waals surface area contributed by atoms with Gasteiger partial charge in [0.1, 0.15) is 0 Å². The Labute approximate surface area is 148 Å². The molecule has 0 spiro atoms. The van der Waals surface area contributed by atoms with E-state index in [1.807, 2.05) is 25.5 Å². The van der Waals surface area contributed by atoms with E-state index in [2.05, 4.69) is 10.4 Å². The van der Waals surface area contributed by atoms with Gasteiger partial charge in [-0.2, -0.15) is 9.40 Å². The lowest BCUT2D eigenvalue weighted by Gasteiger charge is -2.18. The smallest absolute Gasteiger partial charge is 0.243 e. The van der Waals surface area contributed by atoms with Gasteiger partial charge in [0.2, 0.25) is 15.9 Å². The van der Waals surface area contributed by atoms with Crippen LogP contribution in [0.1, 0.15) is 30.8 Å². The molecule has 0 bridgehead atoms. The van der Waals surface area contributed by atoms with Crippen molar-refractivity contribution in [2.45, 2.75) is 45.7 Å². The van der Waals surface area contributed by atoms with Crippen molar-refractivity contribution in [1.82, 2.24) is 14.1 Å². The van der Waals surface area contributed by atoms with Crippen LogP contribution in [0.4, 0.5) is 5.69 Å². The number of rotatable bonds is 6. The molecule has 7 nitrogen and oxygen atoms in total. The zero-order chi connectivity index (χ0) is 18.8. The largest absolute Gasteiger partial charge is 0.326 e. The predicted molar refractivity (Wildman–Crippen MR) is 96.8 cm³/mol. The van der Waals surface area contributed by atoms with Crippen LogP contribution in [0.15, 0.2) is 29.2 Å². The van der Waals surface area contributed by atoms with Gasteiger partial charge in [-0.15, -0.1) is 0 Å². The highest BCUT2D eigenvalue weighted by molar-refractivity contribution is 7.89. The summed E-state index contributed by atoms with van der Waals surface area (Å²) in [7, 11) is -2.08. The van der Waals surface area contributed by atoms with Crippen molar-refractivity contribution < 1.29 is 13.2 Å². The zero-order valence-corrected chi connectivity index (χ0v) is 16.0. The van der Waals surface area contributed by atoms with Crippen LogP contribution in [0.2, 0.25) is 0 Å². The zero-order valence-electron chi connectivity index (χ0n) is 15.2. The summed E-state index contributed by atoms with van der Waals surface area (Å²) in [6, 6.07) is 6.14. The van der Waals surface area contributed by atoms with Crippen LogP contribution in [-0.4, -0.2) is 35.5 Å². The topological polar surface area (TPSA) is 84.3 Å². The Morgan fingerprint density at radius 1 is 1.24 bits per heavy atom. The quantitative estimate of drug-likeness (QED) is 0.852. The second kappa shape index (κ2) is 7.37. The Bertz CT molecular complexity index is 870. The first-order chi connectivity index (χ1) is 11.7. The molecular formula is C17H24N4O3S. The Kier molecular flexibility index (Phi) is 5.64. The summed E-state index contributed by atoms with van der Waals surface area (Å²) in [6.45, 7) is 8.24. The van der Waals surface area contributed by atoms with Gasteiger partial charge in [-0.1, -0.05) is 0 Å². The first-order valence-electron chi connectivity index (χ1n) is 8.03. The van der Waals surface area contributed by atoms with Crippen molar-refractivity contribution in [3.8, 4) is 0 Å². The Balaban J connectivity index is 2.24. The maximum Gasteiger partial charge on any atom is 0.243 e. The number of hydrogen-bond acceptors (Lipinski definition) is 4. The average Bonchev–Trinajstić information content (AvgIpc) is 2.82. The molecule has 1 aromatic carbocycles. The van der Waals surface area contributed by atoms with Gasteiger partial charge in [-0.05, 0) is 45.0 Å². The van der Waals surface area contributed by atoms with Crippen LogP contribution in [0, 0.1) is 13.8 Å². The summed E-state index contributed by atoms with van der Waals surface area (Å²) in [5.41, 5.74) is 3.29. The summed E-state index contributed by atoms with van der Waals surface area (Å²) >= 11 is 0. The van der Waals surface area contributed by atoms with Gasteiger partial charge in [0.15, 0.2) is 0 Å². The number of anilines is 1. The molecule has 0 radical (unpaired) electrons. The van der Waals surface area contributed by atoms with Gasteiger partial charge in [-0.3, -0.25) is 9.48 Å². The third kappa shape index (κ3) is 4.08. The SMILES string of the molecule is CCn1nc(C)c(CN(C)S(=O)(=O)c2ccc(NC(C)=O)cc2)c1C. The molecular weight excluding hydrogens is 340 g/mol. The number of aromatic nitrogens is 2. The molecule has 0 unspecified atom stereocenters. The number of benzene rings is 1. The normalized spacial score (nSPS) is 11.8. The highest BCUT2D eigenvalue weighted by Crippen LogP contribution is 2.21. The summed E-state index contributed by atoms with van der Waals surface area (Å²) in [4.78, 5) is 11.2. The molecule has 1 aromatic heterocycles. The van der Waals surface area contributed by atoms with E-state index in [4.69, 9.17) is 0 Å². The molecule has 1 N–H and O–H groups in total. The van der Waals surface area contributed by atoms with E-state index in [0.717, 1.165) is 23.5 Å². The van der Waals surface area contributed by atoms with Crippen molar-refractivity contribution in [3.63, 3.8) is 0 Å². The van der Waals surface area contributed by atoms with Crippen molar-refractivity contribution in [1.29, 1.82) is 0 Å².